The lowest BCUT2D eigenvalue weighted by atomic mass is 9.87. The Bertz CT molecular complexity index is 1760. The second kappa shape index (κ2) is 9.65. The molecule has 42 heavy (non-hydrogen) atoms. The largest absolute Gasteiger partial charge is 0.444 e. The summed E-state index contributed by atoms with van der Waals surface area (Å²) in [6.07, 6.45) is 3.31. The van der Waals surface area contributed by atoms with Gasteiger partial charge in [-0.15, -0.1) is 0 Å². The van der Waals surface area contributed by atoms with Gasteiger partial charge in [0, 0.05) is 36.9 Å². The molecule has 220 valence electrons. The predicted octanol–water partition coefficient (Wildman–Crippen LogP) is 4.75. The number of hydrogen-bond donors (Lipinski definition) is 2. The van der Waals surface area contributed by atoms with Crippen LogP contribution in [0.3, 0.4) is 0 Å². The maximum absolute atomic E-state index is 13.2. The molecule has 1 aliphatic carbocycles. The van der Waals surface area contributed by atoms with Crippen LogP contribution in [0.5, 0.6) is 0 Å². The van der Waals surface area contributed by atoms with E-state index in [-0.39, 0.29) is 17.1 Å². The topological polar surface area (TPSA) is 127 Å². The highest BCUT2D eigenvalue weighted by Crippen LogP contribution is 2.53. The number of fused-ring (bicyclic) bond motifs is 3. The molecule has 4 aromatic rings. The van der Waals surface area contributed by atoms with Gasteiger partial charge in [0.25, 0.3) is 5.56 Å². The maximum Gasteiger partial charge on any atom is 0.410 e. The number of carbonyl (C=O) groups is 1. The quantitative estimate of drug-likeness (QED) is 0.351. The van der Waals surface area contributed by atoms with E-state index in [2.05, 4.69) is 21.4 Å². The van der Waals surface area contributed by atoms with E-state index in [1.807, 2.05) is 39.8 Å². The molecule has 11 nitrogen and oxygen atoms in total. The first-order valence-electron chi connectivity index (χ1n) is 14.4. The number of nitrogens with zero attached hydrogens (tertiary/aromatic N) is 6. The van der Waals surface area contributed by atoms with Gasteiger partial charge in [0.2, 0.25) is 5.95 Å². The van der Waals surface area contributed by atoms with Crippen LogP contribution in [0.25, 0.3) is 16.9 Å². The Hall–Kier alpha value is -4.25. The molecular formula is C31H37N7O4. The van der Waals surface area contributed by atoms with Crippen LogP contribution >= 0.6 is 0 Å². The van der Waals surface area contributed by atoms with Crippen molar-refractivity contribution in [3.63, 3.8) is 0 Å². The number of rotatable bonds is 5. The highest BCUT2D eigenvalue weighted by molar-refractivity contribution is 5.77. The summed E-state index contributed by atoms with van der Waals surface area (Å²) in [6.45, 7) is 12.4. The molecule has 1 saturated carbocycles. The standard InChI is InChI=1S/C31H37N7O4/c1-7-37-26(39)21-16-32-27(35-25(21)38(37)24-10-8-9-23(34-24)30(5,6)41)33-20-11-12-22-19(15-20)17-36(18-31(22)13-14-31)28(40)42-29(2,3)4/h8-12,15-16,41H,7,13-14,17-18H2,1-6H3,(H,32,33,35). The zero-order valence-corrected chi connectivity index (χ0v) is 24.9. The highest BCUT2D eigenvalue weighted by atomic mass is 16.6. The van der Waals surface area contributed by atoms with E-state index in [0.29, 0.717) is 48.1 Å². The Balaban J connectivity index is 1.35. The fourth-order valence-electron chi connectivity index (χ4n) is 5.68. The van der Waals surface area contributed by atoms with Crippen molar-refractivity contribution in [1.82, 2.24) is 29.2 Å². The van der Waals surface area contributed by atoms with E-state index in [1.54, 1.807) is 46.3 Å². The Morgan fingerprint density at radius 2 is 1.88 bits per heavy atom. The lowest BCUT2D eigenvalue weighted by Gasteiger charge is -2.36. The zero-order valence-electron chi connectivity index (χ0n) is 24.9. The minimum Gasteiger partial charge on any atom is -0.444 e. The maximum atomic E-state index is 13.2. The fraction of sp³-hybridized carbons (Fsp3) is 0.452. The van der Waals surface area contributed by atoms with Crippen molar-refractivity contribution in [2.24, 2.45) is 0 Å². The summed E-state index contributed by atoms with van der Waals surface area (Å²) in [5.74, 6) is 0.794. The van der Waals surface area contributed by atoms with Crippen molar-refractivity contribution in [2.75, 3.05) is 11.9 Å². The van der Waals surface area contributed by atoms with Gasteiger partial charge in [-0.05, 0) is 89.8 Å². The number of ether oxygens (including phenoxy) is 1. The molecule has 3 aromatic heterocycles. The number of hydrogen-bond acceptors (Lipinski definition) is 8. The Morgan fingerprint density at radius 3 is 2.55 bits per heavy atom. The minimum absolute atomic E-state index is 0.0117. The lowest BCUT2D eigenvalue weighted by Crippen LogP contribution is -2.44. The summed E-state index contributed by atoms with van der Waals surface area (Å²) in [4.78, 5) is 41.8. The molecule has 2 N–H and O–H groups in total. The monoisotopic (exact) mass is 571 g/mol. The third kappa shape index (κ3) is 5.02. The molecule has 0 bridgehead atoms. The van der Waals surface area contributed by atoms with Gasteiger partial charge in [-0.1, -0.05) is 12.1 Å². The van der Waals surface area contributed by atoms with Crippen molar-refractivity contribution in [2.45, 2.75) is 84.1 Å². The fourth-order valence-corrected chi connectivity index (χ4v) is 5.68. The average Bonchev–Trinajstić information content (AvgIpc) is 3.62. The average molecular weight is 572 g/mol. The molecule has 11 heteroatoms. The van der Waals surface area contributed by atoms with Gasteiger partial charge < -0.3 is 20.1 Å². The van der Waals surface area contributed by atoms with E-state index in [4.69, 9.17) is 9.72 Å². The molecule has 6 rings (SSSR count). The number of anilines is 2. The van der Waals surface area contributed by atoms with Gasteiger partial charge in [0.05, 0.1) is 5.69 Å². The molecule has 0 saturated heterocycles. The van der Waals surface area contributed by atoms with Crippen LogP contribution in [0.2, 0.25) is 0 Å². The van der Waals surface area contributed by atoms with Gasteiger partial charge in [0.1, 0.15) is 16.6 Å². The number of pyridine rings is 1. The van der Waals surface area contributed by atoms with Crippen molar-refractivity contribution in [3.8, 4) is 5.82 Å². The SMILES string of the molecule is CCn1c(=O)c2cnc(Nc3ccc4c(c3)CN(C(=O)OC(C)(C)C)CC43CC3)nc2n1-c1cccc(C(C)(C)O)n1. The summed E-state index contributed by atoms with van der Waals surface area (Å²) >= 11 is 0. The molecule has 4 heterocycles. The van der Waals surface area contributed by atoms with Crippen molar-refractivity contribution < 1.29 is 14.6 Å². The Labute approximate surface area is 244 Å². The minimum atomic E-state index is -1.15. The summed E-state index contributed by atoms with van der Waals surface area (Å²) < 4.78 is 8.90. The van der Waals surface area contributed by atoms with Crippen LogP contribution in [0.15, 0.2) is 47.4 Å². The van der Waals surface area contributed by atoms with E-state index >= 15 is 0 Å². The second-order valence-corrected chi connectivity index (χ2v) is 12.8. The van der Waals surface area contributed by atoms with Crippen LogP contribution in [0.4, 0.5) is 16.4 Å². The number of nitrogens with one attached hydrogen (secondary N) is 1. The third-order valence-electron chi connectivity index (χ3n) is 7.85. The first-order valence-corrected chi connectivity index (χ1v) is 14.4. The Morgan fingerprint density at radius 1 is 1.12 bits per heavy atom. The molecule has 0 atom stereocenters. The van der Waals surface area contributed by atoms with Gasteiger partial charge in [-0.3, -0.25) is 4.79 Å². The normalized spacial score (nSPS) is 16.0. The number of benzene rings is 1. The molecule has 1 aromatic carbocycles. The van der Waals surface area contributed by atoms with E-state index in [9.17, 15) is 14.7 Å². The number of carbonyl (C=O) groups excluding carboxylic acids is 1. The van der Waals surface area contributed by atoms with Crippen LogP contribution in [0, 0.1) is 0 Å². The highest BCUT2D eigenvalue weighted by Gasteiger charge is 2.50. The molecule has 1 spiro atoms. The van der Waals surface area contributed by atoms with Crippen LogP contribution in [0.1, 0.15) is 71.2 Å². The van der Waals surface area contributed by atoms with Crippen LogP contribution in [-0.2, 0) is 28.8 Å². The summed E-state index contributed by atoms with van der Waals surface area (Å²) in [7, 11) is 0. The van der Waals surface area contributed by atoms with Gasteiger partial charge in [-0.2, -0.15) is 4.98 Å². The third-order valence-corrected chi connectivity index (χ3v) is 7.85. The number of amides is 1. The Kier molecular flexibility index (Phi) is 6.41. The van der Waals surface area contributed by atoms with Gasteiger partial charge in [-0.25, -0.2) is 24.1 Å². The zero-order chi connectivity index (χ0) is 30.0. The number of aliphatic hydroxyl groups is 1. The van der Waals surface area contributed by atoms with Crippen LogP contribution < -0.4 is 10.9 Å². The molecule has 0 unspecified atom stereocenters. The van der Waals surface area contributed by atoms with E-state index in [0.717, 1.165) is 24.1 Å². The van der Waals surface area contributed by atoms with E-state index in [1.165, 1.54) is 11.8 Å². The van der Waals surface area contributed by atoms with Gasteiger partial charge in [0.15, 0.2) is 11.5 Å². The predicted molar refractivity (Wildman–Crippen MR) is 159 cm³/mol. The smallest absolute Gasteiger partial charge is 0.410 e. The van der Waals surface area contributed by atoms with Gasteiger partial charge >= 0.3 is 6.09 Å². The second-order valence-electron chi connectivity index (χ2n) is 12.8. The molecule has 0 radical (unpaired) electrons. The molecule has 2 aliphatic rings. The number of aromatic nitrogens is 5. The van der Waals surface area contributed by atoms with Crippen molar-refractivity contribution in [1.29, 1.82) is 0 Å². The lowest BCUT2D eigenvalue weighted by molar-refractivity contribution is 0.0196. The van der Waals surface area contributed by atoms with Crippen molar-refractivity contribution >= 4 is 28.8 Å². The summed E-state index contributed by atoms with van der Waals surface area (Å²) in [5, 5.41) is 14.2. The molecule has 1 aliphatic heterocycles. The molecule has 1 fully saturated rings. The molecular weight excluding hydrogens is 534 g/mol. The summed E-state index contributed by atoms with van der Waals surface area (Å²) in [6, 6.07) is 11.5. The van der Waals surface area contributed by atoms with Crippen LogP contribution in [-0.4, -0.2) is 52.6 Å². The molecule has 1 amide bonds. The first kappa shape index (κ1) is 27.9. The van der Waals surface area contributed by atoms with E-state index < -0.39 is 11.2 Å². The summed E-state index contributed by atoms with van der Waals surface area (Å²) in [5.41, 5.74) is 2.06. The van der Waals surface area contributed by atoms with Crippen molar-refractivity contribution in [3.05, 3.63) is 69.8 Å². The first-order chi connectivity index (χ1) is 19.8.